The first-order valence-electron chi connectivity index (χ1n) is 3.54. The Morgan fingerprint density at radius 3 is 2.77 bits per heavy atom. The van der Waals surface area contributed by atoms with E-state index in [0.29, 0.717) is 32.9 Å². The van der Waals surface area contributed by atoms with Crippen LogP contribution in [0, 0.1) is 0 Å². The Balaban J connectivity index is 2.89. The molecule has 2 rings (SSSR count). The van der Waals surface area contributed by atoms with Crippen molar-refractivity contribution in [3.8, 4) is 0 Å². The largest absolute Gasteiger partial charge is 0.462 e. The number of carbonyl (C=O) groups is 1. The van der Waals surface area contributed by atoms with Gasteiger partial charge in [0.15, 0.2) is 11.9 Å². The molecule has 1 heterocycles. The van der Waals surface area contributed by atoms with Gasteiger partial charge in [-0.2, -0.15) is 0 Å². The first kappa shape index (κ1) is 8.60. The number of fused-ring (bicyclic) bond motifs is 1. The summed E-state index contributed by atoms with van der Waals surface area (Å²) in [4.78, 5) is 10.6. The number of hydrogen-bond donors (Lipinski definition) is 0. The molecule has 0 saturated carbocycles. The summed E-state index contributed by atoms with van der Waals surface area (Å²) in [6.07, 6.45) is 2.07. The smallest absolute Gasteiger partial charge is 0.153 e. The zero-order valence-electron chi connectivity index (χ0n) is 6.38. The average molecular weight is 215 g/mol. The third kappa shape index (κ3) is 1.32. The number of furan rings is 1. The highest BCUT2D eigenvalue weighted by Crippen LogP contribution is 2.30. The van der Waals surface area contributed by atoms with E-state index in [1.807, 2.05) is 0 Å². The lowest BCUT2D eigenvalue weighted by atomic mass is 10.2. The van der Waals surface area contributed by atoms with Crippen LogP contribution in [0.25, 0.3) is 11.0 Å². The SMILES string of the molecule is O=Cc1coc2c(Cl)cc(Cl)cc12. The van der Waals surface area contributed by atoms with Crippen molar-refractivity contribution in [2.45, 2.75) is 0 Å². The van der Waals surface area contributed by atoms with Gasteiger partial charge in [0, 0.05) is 10.4 Å². The van der Waals surface area contributed by atoms with E-state index >= 15 is 0 Å². The zero-order valence-corrected chi connectivity index (χ0v) is 7.89. The highest BCUT2D eigenvalue weighted by molar-refractivity contribution is 6.38. The molecule has 0 atom stereocenters. The van der Waals surface area contributed by atoms with Crippen LogP contribution in [0.1, 0.15) is 10.4 Å². The molecule has 13 heavy (non-hydrogen) atoms. The van der Waals surface area contributed by atoms with Gasteiger partial charge in [0.05, 0.1) is 10.6 Å². The van der Waals surface area contributed by atoms with Gasteiger partial charge < -0.3 is 4.42 Å². The monoisotopic (exact) mass is 214 g/mol. The van der Waals surface area contributed by atoms with Gasteiger partial charge in [-0.15, -0.1) is 0 Å². The summed E-state index contributed by atoms with van der Waals surface area (Å²) in [5, 5.41) is 1.55. The summed E-state index contributed by atoms with van der Waals surface area (Å²) in [5.74, 6) is 0. The molecule has 0 radical (unpaired) electrons. The van der Waals surface area contributed by atoms with Crippen LogP contribution in [0.15, 0.2) is 22.8 Å². The van der Waals surface area contributed by atoms with Crippen LogP contribution in [-0.4, -0.2) is 6.29 Å². The van der Waals surface area contributed by atoms with Crippen molar-refractivity contribution in [2.75, 3.05) is 0 Å². The number of hydrogen-bond acceptors (Lipinski definition) is 2. The minimum absolute atomic E-state index is 0.413. The lowest BCUT2D eigenvalue weighted by Crippen LogP contribution is -1.75. The number of benzene rings is 1. The second-order valence-corrected chi connectivity index (χ2v) is 3.42. The highest BCUT2D eigenvalue weighted by atomic mass is 35.5. The summed E-state index contributed by atoms with van der Waals surface area (Å²) in [6.45, 7) is 0. The predicted octanol–water partition coefficient (Wildman–Crippen LogP) is 3.55. The summed E-state index contributed by atoms with van der Waals surface area (Å²) in [6, 6.07) is 3.22. The molecular weight excluding hydrogens is 211 g/mol. The standard InChI is InChI=1S/C9H4Cl2O2/c10-6-1-7-5(3-12)4-13-9(7)8(11)2-6/h1-4H. The Morgan fingerprint density at radius 2 is 2.08 bits per heavy atom. The van der Waals surface area contributed by atoms with E-state index in [-0.39, 0.29) is 0 Å². The average Bonchev–Trinajstić information content (AvgIpc) is 2.47. The molecule has 0 bridgehead atoms. The van der Waals surface area contributed by atoms with Gasteiger partial charge in [-0.25, -0.2) is 0 Å². The van der Waals surface area contributed by atoms with E-state index in [1.54, 1.807) is 12.1 Å². The molecule has 0 amide bonds. The lowest BCUT2D eigenvalue weighted by molar-refractivity contribution is 0.112. The van der Waals surface area contributed by atoms with E-state index in [1.165, 1.54) is 6.26 Å². The molecule has 1 aromatic carbocycles. The maximum atomic E-state index is 10.6. The van der Waals surface area contributed by atoms with E-state index < -0.39 is 0 Å². The maximum absolute atomic E-state index is 10.6. The number of carbonyl (C=O) groups excluding carboxylic acids is 1. The van der Waals surface area contributed by atoms with Crippen LogP contribution in [0.2, 0.25) is 10.0 Å². The highest BCUT2D eigenvalue weighted by Gasteiger charge is 2.09. The van der Waals surface area contributed by atoms with Crippen molar-refractivity contribution in [3.05, 3.63) is 34.0 Å². The van der Waals surface area contributed by atoms with Gasteiger partial charge >= 0.3 is 0 Å². The Hall–Kier alpha value is -0.990. The minimum Gasteiger partial charge on any atom is -0.462 e. The molecule has 2 nitrogen and oxygen atoms in total. The van der Waals surface area contributed by atoms with Crippen LogP contribution in [0.5, 0.6) is 0 Å². The van der Waals surface area contributed by atoms with E-state index in [9.17, 15) is 4.79 Å². The van der Waals surface area contributed by atoms with Crippen LogP contribution < -0.4 is 0 Å². The third-order valence-corrected chi connectivity index (χ3v) is 2.25. The van der Waals surface area contributed by atoms with Crippen molar-refractivity contribution in [2.24, 2.45) is 0 Å². The van der Waals surface area contributed by atoms with Gasteiger partial charge in [0.2, 0.25) is 0 Å². The fourth-order valence-corrected chi connectivity index (χ4v) is 1.71. The molecule has 0 spiro atoms. The Kier molecular flexibility index (Phi) is 2.02. The quantitative estimate of drug-likeness (QED) is 0.680. The summed E-state index contributed by atoms with van der Waals surface area (Å²) >= 11 is 11.6. The van der Waals surface area contributed by atoms with Crippen molar-refractivity contribution in [3.63, 3.8) is 0 Å². The topological polar surface area (TPSA) is 30.2 Å². The van der Waals surface area contributed by atoms with Crippen LogP contribution in [-0.2, 0) is 0 Å². The fourth-order valence-electron chi connectivity index (χ4n) is 1.17. The fraction of sp³-hybridized carbons (Fsp3) is 0. The molecule has 0 aliphatic rings. The number of rotatable bonds is 1. The molecule has 0 N–H and O–H groups in total. The number of aldehydes is 1. The molecular formula is C9H4Cl2O2. The second-order valence-electron chi connectivity index (χ2n) is 2.57. The van der Waals surface area contributed by atoms with E-state index in [0.717, 1.165) is 0 Å². The molecule has 4 heteroatoms. The van der Waals surface area contributed by atoms with Crippen molar-refractivity contribution < 1.29 is 9.21 Å². The predicted molar refractivity (Wildman–Crippen MR) is 51.6 cm³/mol. The summed E-state index contributed by atoms with van der Waals surface area (Å²) < 4.78 is 5.10. The molecule has 0 unspecified atom stereocenters. The molecule has 0 aliphatic carbocycles. The van der Waals surface area contributed by atoms with Gasteiger partial charge in [0.1, 0.15) is 6.26 Å². The molecule has 1 aromatic heterocycles. The molecule has 66 valence electrons. The first-order chi connectivity index (χ1) is 6.22. The van der Waals surface area contributed by atoms with Crippen LogP contribution >= 0.6 is 23.2 Å². The minimum atomic E-state index is 0.413. The van der Waals surface area contributed by atoms with Gasteiger partial charge in [0.25, 0.3) is 0 Å². The van der Waals surface area contributed by atoms with Crippen LogP contribution in [0.3, 0.4) is 0 Å². The van der Waals surface area contributed by atoms with Crippen LogP contribution in [0.4, 0.5) is 0 Å². The first-order valence-corrected chi connectivity index (χ1v) is 4.29. The number of halogens is 2. The third-order valence-electron chi connectivity index (χ3n) is 1.75. The summed E-state index contributed by atoms with van der Waals surface area (Å²) in [7, 11) is 0. The summed E-state index contributed by atoms with van der Waals surface area (Å²) in [5.41, 5.74) is 0.951. The zero-order chi connectivity index (χ0) is 9.42. The Morgan fingerprint density at radius 1 is 1.31 bits per heavy atom. The Bertz CT molecular complexity index is 474. The molecule has 2 aromatic rings. The van der Waals surface area contributed by atoms with E-state index in [4.69, 9.17) is 27.6 Å². The second kappa shape index (κ2) is 3.05. The molecule has 0 saturated heterocycles. The van der Waals surface area contributed by atoms with E-state index in [2.05, 4.69) is 0 Å². The molecule has 0 fully saturated rings. The molecule has 0 aliphatic heterocycles. The van der Waals surface area contributed by atoms with Gasteiger partial charge in [-0.1, -0.05) is 23.2 Å². The Labute approximate surface area is 84.0 Å². The van der Waals surface area contributed by atoms with Gasteiger partial charge in [-0.05, 0) is 12.1 Å². The maximum Gasteiger partial charge on any atom is 0.153 e. The van der Waals surface area contributed by atoms with Crippen molar-refractivity contribution >= 4 is 40.5 Å². The lowest BCUT2D eigenvalue weighted by Gasteiger charge is -1.93. The van der Waals surface area contributed by atoms with Crippen molar-refractivity contribution in [1.82, 2.24) is 0 Å². The van der Waals surface area contributed by atoms with Gasteiger partial charge in [-0.3, -0.25) is 4.79 Å². The normalized spacial score (nSPS) is 10.6. The van der Waals surface area contributed by atoms with Crippen molar-refractivity contribution in [1.29, 1.82) is 0 Å².